The van der Waals surface area contributed by atoms with Crippen LogP contribution in [0, 0.1) is 0 Å². The van der Waals surface area contributed by atoms with Crippen LogP contribution in [0.4, 0.5) is 23.1 Å². The van der Waals surface area contributed by atoms with Crippen molar-refractivity contribution in [3.8, 4) is 0 Å². The second-order valence-corrected chi connectivity index (χ2v) is 7.34. The van der Waals surface area contributed by atoms with Crippen LogP contribution in [0.25, 0.3) is 0 Å². The molecule has 1 aromatic carbocycles. The van der Waals surface area contributed by atoms with Crippen LogP contribution >= 0.6 is 0 Å². The van der Waals surface area contributed by atoms with Crippen LogP contribution in [-0.2, 0) is 4.79 Å². The maximum Gasteiger partial charge on any atom is 0.254 e. The van der Waals surface area contributed by atoms with E-state index in [-0.39, 0.29) is 18.1 Å². The lowest BCUT2D eigenvalue weighted by Crippen LogP contribution is -2.48. The highest BCUT2D eigenvalue weighted by atomic mass is 16.3. The first kappa shape index (κ1) is 22.3. The SMILES string of the molecule is CC(=O)N1CCN(c2ccc(Nc3ncc(C(N)=O)c(NCCCCO)n3)cc2)CC1. The van der Waals surface area contributed by atoms with Crippen molar-refractivity contribution in [3.63, 3.8) is 0 Å². The van der Waals surface area contributed by atoms with E-state index in [4.69, 9.17) is 10.8 Å². The summed E-state index contributed by atoms with van der Waals surface area (Å²) in [4.78, 5) is 35.8. The Kier molecular flexibility index (Phi) is 7.60. The number of piperazine rings is 1. The molecule has 1 aliphatic rings. The molecule has 0 unspecified atom stereocenters. The Morgan fingerprint density at radius 3 is 2.45 bits per heavy atom. The molecule has 0 radical (unpaired) electrons. The van der Waals surface area contributed by atoms with Gasteiger partial charge in [-0.3, -0.25) is 9.59 Å². The number of anilines is 4. The Hall–Kier alpha value is -3.40. The Bertz CT molecular complexity index is 896. The van der Waals surface area contributed by atoms with E-state index in [0.717, 1.165) is 44.0 Å². The first-order chi connectivity index (χ1) is 15.0. The molecule has 0 aliphatic carbocycles. The van der Waals surface area contributed by atoms with Crippen LogP contribution < -0.4 is 21.3 Å². The summed E-state index contributed by atoms with van der Waals surface area (Å²) >= 11 is 0. The standard InChI is InChI=1S/C21H29N7O3/c1-15(30)27-9-11-28(12-10-27)17-6-4-16(5-7-17)25-21-24-14-18(19(22)31)20(26-21)23-8-2-3-13-29/h4-7,14,29H,2-3,8-13H2,1H3,(H2,22,31)(H2,23,24,25,26). The number of nitrogens with one attached hydrogen (secondary N) is 2. The van der Waals surface area contributed by atoms with Gasteiger partial charge in [0.1, 0.15) is 5.82 Å². The molecule has 1 aliphatic heterocycles. The van der Waals surface area contributed by atoms with E-state index in [2.05, 4.69) is 25.5 Å². The van der Waals surface area contributed by atoms with E-state index >= 15 is 0 Å². The van der Waals surface area contributed by atoms with Crippen molar-refractivity contribution in [2.45, 2.75) is 19.8 Å². The number of aliphatic hydroxyl groups is 1. The van der Waals surface area contributed by atoms with Crippen molar-refractivity contribution in [1.82, 2.24) is 14.9 Å². The molecule has 5 N–H and O–H groups in total. The van der Waals surface area contributed by atoms with Gasteiger partial charge >= 0.3 is 0 Å². The minimum atomic E-state index is -0.606. The van der Waals surface area contributed by atoms with Gasteiger partial charge in [0.05, 0.1) is 5.56 Å². The number of amides is 2. The lowest BCUT2D eigenvalue weighted by Gasteiger charge is -2.35. The van der Waals surface area contributed by atoms with Crippen molar-refractivity contribution >= 4 is 35.0 Å². The largest absolute Gasteiger partial charge is 0.396 e. The summed E-state index contributed by atoms with van der Waals surface area (Å²) in [6.45, 7) is 5.33. The molecule has 3 rings (SSSR count). The molecule has 2 heterocycles. The van der Waals surface area contributed by atoms with E-state index in [1.807, 2.05) is 29.2 Å². The molecule has 0 spiro atoms. The van der Waals surface area contributed by atoms with Crippen LogP contribution in [0.2, 0.25) is 0 Å². The molecule has 2 aromatic rings. The number of aromatic nitrogens is 2. The maximum absolute atomic E-state index is 11.6. The number of nitrogens with two attached hydrogens (primary N) is 1. The van der Waals surface area contributed by atoms with Gasteiger partial charge in [-0.05, 0) is 37.1 Å². The third-order valence-electron chi connectivity index (χ3n) is 5.15. The van der Waals surface area contributed by atoms with E-state index in [9.17, 15) is 9.59 Å². The number of rotatable bonds is 9. The van der Waals surface area contributed by atoms with E-state index < -0.39 is 5.91 Å². The third-order valence-corrected chi connectivity index (χ3v) is 5.15. The Balaban J connectivity index is 1.64. The van der Waals surface area contributed by atoms with E-state index in [0.29, 0.717) is 24.7 Å². The van der Waals surface area contributed by atoms with Gasteiger partial charge in [0.2, 0.25) is 11.9 Å². The summed E-state index contributed by atoms with van der Waals surface area (Å²) in [6, 6.07) is 7.90. The highest BCUT2D eigenvalue weighted by Gasteiger charge is 2.18. The minimum absolute atomic E-state index is 0.114. The van der Waals surface area contributed by atoms with Crippen LogP contribution in [0.5, 0.6) is 0 Å². The lowest BCUT2D eigenvalue weighted by atomic mass is 10.2. The number of primary amides is 1. The Morgan fingerprint density at radius 1 is 1.13 bits per heavy atom. The minimum Gasteiger partial charge on any atom is -0.396 e. The van der Waals surface area contributed by atoms with Gasteiger partial charge in [-0.1, -0.05) is 0 Å². The summed E-state index contributed by atoms with van der Waals surface area (Å²) in [5.41, 5.74) is 7.53. The van der Waals surface area contributed by atoms with Gasteiger partial charge in [0, 0.05) is 63.8 Å². The predicted molar refractivity (Wildman–Crippen MR) is 120 cm³/mol. The van der Waals surface area contributed by atoms with Crippen LogP contribution in [0.1, 0.15) is 30.1 Å². The fourth-order valence-corrected chi connectivity index (χ4v) is 3.36. The van der Waals surface area contributed by atoms with E-state index in [1.165, 1.54) is 6.20 Å². The van der Waals surface area contributed by atoms with Crippen molar-refractivity contribution < 1.29 is 14.7 Å². The molecule has 1 aromatic heterocycles. The highest BCUT2D eigenvalue weighted by Crippen LogP contribution is 2.22. The number of benzene rings is 1. The molecule has 2 amide bonds. The molecule has 10 heteroatoms. The summed E-state index contributed by atoms with van der Waals surface area (Å²) < 4.78 is 0. The fraction of sp³-hybridized carbons (Fsp3) is 0.429. The van der Waals surface area contributed by atoms with Crippen LogP contribution in [-0.4, -0.2) is 71.1 Å². The summed E-state index contributed by atoms with van der Waals surface area (Å²) in [5, 5.41) is 15.1. The summed E-state index contributed by atoms with van der Waals surface area (Å²) in [7, 11) is 0. The number of nitrogens with zero attached hydrogens (tertiary/aromatic N) is 4. The highest BCUT2D eigenvalue weighted by molar-refractivity contribution is 5.97. The van der Waals surface area contributed by atoms with Gasteiger partial charge in [-0.2, -0.15) is 4.98 Å². The number of hydrogen-bond acceptors (Lipinski definition) is 8. The zero-order chi connectivity index (χ0) is 22.2. The molecule has 0 atom stereocenters. The lowest BCUT2D eigenvalue weighted by molar-refractivity contribution is -0.129. The van der Waals surface area contributed by atoms with Gasteiger partial charge in [0.25, 0.3) is 5.91 Å². The van der Waals surface area contributed by atoms with Crippen molar-refractivity contribution in [2.75, 3.05) is 54.9 Å². The van der Waals surface area contributed by atoms with Crippen LogP contribution in [0.15, 0.2) is 30.5 Å². The Morgan fingerprint density at radius 2 is 1.84 bits per heavy atom. The molecular formula is C21H29N7O3. The first-order valence-electron chi connectivity index (χ1n) is 10.4. The van der Waals surface area contributed by atoms with Crippen molar-refractivity contribution in [1.29, 1.82) is 0 Å². The normalized spacial score (nSPS) is 13.7. The molecule has 0 saturated carbocycles. The zero-order valence-corrected chi connectivity index (χ0v) is 17.7. The number of carbonyl (C=O) groups is 2. The Labute approximate surface area is 181 Å². The van der Waals surface area contributed by atoms with Gasteiger partial charge in [0.15, 0.2) is 0 Å². The smallest absolute Gasteiger partial charge is 0.254 e. The number of carbonyl (C=O) groups excluding carboxylic acids is 2. The van der Waals surface area contributed by atoms with Crippen LogP contribution in [0.3, 0.4) is 0 Å². The molecule has 1 fully saturated rings. The molecule has 10 nitrogen and oxygen atoms in total. The quantitative estimate of drug-likeness (QED) is 0.438. The zero-order valence-electron chi connectivity index (χ0n) is 17.7. The summed E-state index contributed by atoms with van der Waals surface area (Å²) in [5.74, 6) is 0.217. The number of aliphatic hydroxyl groups excluding tert-OH is 1. The molecular weight excluding hydrogens is 398 g/mol. The van der Waals surface area contributed by atoms with Crippen molar-refractivity contribution in [3.05, 3.63) is 36.0 Å². The average molecular weight is 428 g/mol. The average Bonchev–Trinajstić information content (AvgIpc) is 2.77. The number of unbranched alkanes of at least 4 members (excludes halogenated alkanes) is 1. The third kappa shape index (κ3) is 6.05. The molecule has 0 bridgehead atoms. The second kappa shape index (κ2) is 10.6. The second-order valence-electron chi connectivity index (χ2n) is 7.34. The molecule has 31 heavy (non-hydrogen) atoms. The molecule has 1 saturated heterocycles. The van der Waals surface area contributed by atoms with Gasteiger partial charge < -0.3 is 31.3 Å². The monoisotopic (exact) mass is 427 g/mol. The topological polar surface area (TPSA) is 137 Å². The molecule has 166 valence electrons. The van der Waals surface area contributed by atoms with Gasteiger partial charge in [-0.25, -0.2) is 4.98 Å². The fourth-order valence-electron chi connectivity index (χ4n) is 3.36. The first-order valence-corrected chi connectivity index (χ1v) is 10.4. The maximum atomic E-state index is 11.6. The van der Waals surface area contributed by atoms with E-state index in [1.54, 1.807) is 6.92 Å². The number of hydrogen-bond donors (Lipinski definition) is 4. The van der Waals surface area contributed by atoms with Gasteiger partial charge in [-0.15, -0.1) is 0 Å². The summed E-state index contributed by atoms with van der Waals surface area (Å²) in [6.07, 6.45) is 2.80. The predicted octanol–water partition coefficient (Wildman–Crippen LogP) is 1.17. The van der Waals surface area contributed by atoms with Crippen molar-refractivity contribution in [2.24, 2.45) is 5.73 Å².